The van der Waals surface area contributed by atoms with Crippen molar-refractivity contribution in [1.29, 1.82) is 0 Å². The van der Waals surface area contributed by atoms with Gasteiger partial charge in [0.25, 0.3) is 0 Å². The summed E-state index contributed by atoms with van der Waals surface area (Å²) in [4.78, 5) is 0. The minimum atomic E-state index is -4.41. The zero-order chi connectivity index (χ0) is 8.74. The molecular weight excluding hydrogens is 188 g/mol. The van der Waals surface area contributed by atoms with Gasteiger partial charge in [0.1, 0.15) is 0 Å². The van der Waals surface area contributed by atoms with E-state index >= 15 is 0 Å². The van der Waals surface area contributed by atoms with Gasteiger partial charge in [-0.2, -0.15) is 0 Å². The molecule has 0 aliphatic heterocycles. The second kappa shape index (κ2) is 5.67. The molecule has 0 aliphatic carbocycles. The Bertz CT molecular complexity index is 159. The Balaban J connectivity index is 3.63. The molecule has 4 nitrogen and oxygen atoms in total. The van der Waals surface area contributed by atoms with Crippen molar-refractivity contribution in [2.75, 3.05) is 13.2 Å². The molecule has 68 valence electrons. The van der Waals surface area contributed by atoms with Crippen LogP contribution in [0, 0.1) is 0 Å². The molecule has 0 aromatic rings. The van der Waals surface area contributed by atoms with E-state index in [-0.39, 0.29) is 13.2 Å². The molecule has 0 aliphatic rings. The monoisotopic (exact) mass is 202 g/mol. The van der Waals surface area contributed by atoms with Crippen LogP contribution in [0.1, 0.15) is 26.7 Å². The van der Waals surface area contributed by atoms with Gasteiger partial charge in [0.2, 0.25) is 0 Å². The van der Waals surface area contributed by atoms with E-state index < -0.39 is 13.6 Å². The van der Waals surface area contributed by atoms with Crippen LogP contribution in [0.5, 0.6) is 0 Å². The van der Waals surface area contributed by atoms with Crippen LogP contribution in [0.4, 0.5) is 0 Å². The molecule has 0 aromatic heterocycles. The van der Waals surface area contributed by atoms with Gasteiger partial charge in [-0.05, 0) is 0 Å². The molecule has 0 N–H and O–H groups in total. The summed E-state index contributed by atoms with van der Waals surface area (Å²) < 4.78 is 30.6. The van der Waals surface area contributed by atoms with Crippen LogP contribution < -0.4 is 0 Å². The second-order valence-electron chi connectivity index (χ2n) is 2.05. The first kappa shape index (κ1) is 11.1. The molecule has 0 aromatic carbocycles. The third-order valence-electron chi connectivity index (χ3n) is 0.864. The molecule has 5 heteroatoms. The van der Waals surface area contributed by atoms with Crippen molar-refractivity contribution in [3.63, 3.8) is 0 Å². The summed E-state index contributed by atoms with van der Waals surface area (Å²) in [6, 6.07) is 0. The van der Waals surface area contributed by atoms with E-state index in [1.807, 2.05) is 13.8 Å². The SMILES string of the molecule is CCC[O][Cr](=[O])(=[O])[O]CCC. The quantitative estimate of drug-likeness (QED) is 0.655. The van der Waals surface area contributed by atoms with Crippen molar-refractivity contribution in [1.82, 2.24) is 0 Å². The van der Waals surface area contributed by atoms with E-state index in [1.54, 1.807) is 0 Å². The first-order valence-electron chi connectivity index (χ1n) is 3.66. The molecule has 0 heterocycles. The Kier molecular flexibility index (Phi) is 5.70. The van der Waals surface area contributed by atoms with Gasteiger partial charge >= 0.3 is 68.7 Å². The van der Waals surface area contributed by atoms with Crippen molar-refractivity contribution < 1.29 is 28.8 Å². The van der Waals surface area contributed by atoms with E-state index in [1.165, 1.54) is 0 Å². The molecule has 0 rings (SSSR count). The summed E-state index contributed by atoms with van der Waals surface area (Å²) >= 11 is -4.41. The minimum absolute atomic E-state index is 0.219. The molecule has 11 heavy (non-hydrogen) atoms. The molecule has 0 bridgehead atoms. The van der Waals surface area contributed by atoms with Gasteiger partial charge in [-0.25, -0.2) is 0 Å². The molecule has 0 saturated heterocycles. The van der Waals surface area contributed by atoms with Gasteiger partial charge < -0.3 is 0 Å². The zero-order valence-corrected chi connectivity index (χ0v) is 8.14. The van der Waals surface area contributed by atoms with Crippen LogP contribution in [-0.4, -0.2) is 13.2 Å². The topological polar surface area (TPSA) is 52.6 Å². The fourth-order valence-corrected chi connectivity index (χ4v) is 1.67. The Labute approximate surface area is 69.3 Å². The Hall–Kier alpha value is 0.0525. The fraction of sp³-hybridized carbons (Fsp3) is 1.00. The number of rotatable bonds is 6. The Morgan fingerprint density at radius 2 is 1.36 bits per heavy atom. The summed E-state index contributed by atoms with van der Waals surface area (Å²) in [6.07, 6.45) is 1.36. The van der Waals surface area contributed by atoms with Crippen molar-refractivity contribution in [3.05, 3.63) is 0 Å². The maximum absolute atomic E-state index is 10.8. The average Bonchev–Trinajstić information content (AvgIpc) is 1.97. The average molecular weight is 202 g/mol. The van der Waals surface area contributed by atoms with Gasteiger partial charge in [-0.1, -0.05) is 0 Å². The maximum atomic E-state index is 10.8. The van der Waals surface area contributed by atoms with Gasteiger partial charge in [0.15, 0.2) is 0 Å². The van der Waals surface area contributed by atoms with Gasteiger partial charge in [-0.15, -0.1) is 0 Å². The summed E-state index contributed by atoms with van der Waals surface area (Å²) in [5, 5.41) is 0. The van der Waals surface area contributed by atoms with E-state index in [9.17, 15) is 7.61 Å². The summed E-state index contributed by atoms with van der Waals surface area (Å²) in [7, 11) is 0. The Morgan fingerprint density at radius 1 is 1.00 bits per heavy atom. The van der Waals surface area contributed by atoms with Crippen LogP contribution in [0.15, 0.2) is 0 Å². The molecular formula is C6H14CrO4. The number of hydrogen-bond acceptors (Lipinski definition) is 4. The molecule has 0 saturated carbocycles. The van der Waals surface area contributed by atoms with Crippen molar-refractivity contribution in [3.8, 4) is 0 Å². The van der Waals surface area contributed by atoms with Crippen molar-refractivity contribution >= 4 is 0 Å². The number of hydrogen-bond donors (Lipinski definition) is 0. The summed E-state index contributed by atoms with van der Waals surface area (Å²) in [5.41, 5.74) is 0. The van der Waals surface area contributed by atoms with Crippen molar-refractivity contribution in [2.24, 2.45) is 0 Å². The van der Waals surface area contributed by atoms with Crippen LogP contribution in [0.2, 0.25) is 0 Å². The third kappa shape index (κ3) is 6.45. The predicted molar refractivity (Wildman–Crippen MR) is 33.9 cm³/mol. The van der Waals surface area contributed by atoms with Gasteiger partial charge in [0, 0.05) is 0 Å². The van der Waals surface area contributed by atoms with Crippen molar-refractivity contribution in [2.45, 2.75) is 26.7 Å². The van der Waals surface area contributed by atoms with Gasteiger partial charge in [-0.3, -0.25) is 0 Å². The van der Waals surface area contributed by atoms with Gasteiger partial charge in [0.05, 0.1) is 0 Å². The fourth-order valence-electron chi connectivity index (χ4n) is 0.405. The van der Waals surface area contributed by atoms with E-state index in [0.29, 0.717) is 12.8 Å². The van der Waals surface area contributed by atoms with E-state index in [2.05, 4.69) is 7.58 Å². The molecule has 0 amide bonds. The predicted octanol–water partition coefficient (Wildman–Crippen LogP) is 1.51. The van der Waals surface area contributed by atoms with E-state index in [0.717, 1.165) is 0 Å². The molecule has 0 atom stereocenters. The standard InChI is InChI=1S/2C3H7O.Cr.2O/c2*1-2-3-4;;;/h2*2-3H2,1H3;;;/q2*-1;+2;;. The summed E-state index contributed by atoms with van der Waals surface area (Å²) in [6.45, 7) is 4.12. The first-order chi connectivity index (χ1) is 5.12. The van der Waals surface area contributed by atoms with Crippen LogP contribution in [-0.2, 0) is 28.8 Å². The van der Waals surface area contributed by atoms with Crippen LogP contribution in [0.3, 0.4) is 0 Å². The normalized spacial score (nSPS) is 11.8. The molecule has 0 spiro atoms. The molecule has 0 unspecified atom stereocenters. The van der Waals surface area contributed by atoms with Crippen LogP contribution >= 0.6 is 0 Å². The Morgan fingerprint density at radius 3 is 1.64 bits per heavy atom. The zero-order valence-electron chi connectivity index (χ0n) is 6.87. The third-order valence-corrected chi connectivity index (χ3v) is 2.29. The van der Waals surface area contributed by atoms with Crippen LogP contribution in [0.25, 0.3) is 0 Å². The van der Waals surface area contributed by atoms with E-state index in [4.69, 9.17) is 0 Å². The first-order valence-corrected chi connectivity index (χ1v) is 5.74. The molecule has 0 radical (unpaired) electrons. The summed E-state index contributed by atoms with van der Waals surface area (Å²) in [5.74, 6) is 0. The molecule has 0 fully saturated rings. The second-order valence-corrected chi connectivity index (χ2v) is 4.06.